The minimum atomic E-state index is -0.0158. The molecule has 24 heavy (non-hydrogen) atoms. The molecule has 4 heteroatoms. The lowest BCUT2D eigenvalue weighted by molar-refractivity contribution is 0.303. The average Bonchev–Trinajstić information content (AvgIpc) is 3.00. The van der Waals surface area contributed by atoms with Crippen LogP contribution in [0.3, 0.4) is 0 Å². The van der Waals surface area contributed by atoms with Crippen LogP contribution in [0.15, 0.2) is 54.6 Å². The first-order valence-corrected chi connectivity index (χ1v) is 8.68. The van der Waals surface area contributed by atoms with Gasteiger partial charge in [-0.25, -0.2) is 4.98 Å². The van der Waals surface area contributed by atoms with E-state index in [-0.39, 0.29) is 6.04 Å². The first-order chi connectivity index (χ1) is 11.8. The van der Waals surface area contributed by atoms with Gasteiger partial charge in [0.1, 0.15) is 11.6 Å². The van der Waals surface area contributed by atoms with Crippen LogP contribution in [-0.4, -0.2) is 16.2 Å². The van der Waals surface area contributed by atoms with Crippen molar-refractivity contribution in [3.8, 4) is 5.75 Å². The molecule has 0 bridgehead atoms. The Morgan fingerprint density at radius 3 is 2.58 bits per heavy atom. The van der Waals surface area contributed by atoms with Crippen LogP contribution in [0.2, 0.25) is 0 Å². The summed E-state index contributed by atoms with van der Waals surface area (Å²) in [4.78, 5) is 4.74. The largest absolute Gasteiger partial charge is 0.494 e. The van der Waals surface area contributed by atoms with Crippen molar-refractivity contribution in [3.05, 3.63) is 60.4 Å². The van der Waals surface area contributed by atoms with Gasteiger partial charge in [-0.05, 0) is 43.5 Å². The van der Waals surface area contributed by atoms with Crippen LogP contribution in [0, 0.1) is 0 Å². The maximum atomic E-state index is 6.26. The van der Waals surface area contributed by atoms with Crippen molar-refractivity contribution in [2.24, 2.45) is 5.73 Å². The minimum absolute atomic E-state index is 0.0158. The number of unbranched alkanes of at least 4 members (excludes halogenated alkanes) is 1. The molecular weight excluding hydrogens is 298 g/mol. The molecule has 2 N–H and O–H groups in total. The molecule has 0 fully saturated rings. The number of imidazole rings is 1. The van der Waals surface area contributed by atoms with Crippen molar-refractivity contribution in [1.29, 1.82) is 0 Å². The van der Waals surface area contributed by atoms with Gasteiger partial charge in [-0.2, -0.15) is 0 Å². The molecule has 1 atom stereocenters. The first-order valence-electron chi connectivity index (χ1n) is 8.68. The summed E-state index contributed by atoms with van der Waals surface area (Å²) in [5.74, 6) is 1.92. The van der Waals surface area contributed by atoms with Gasteiger partial charge in [0, 0.05) is 6.54 Å². The van der Waals surface area contributed by atoms with Crippen molar-refractivity contribution in [2.75, 3.05) is 6.61 Å². The van der Waals surface area contributed by atoms with Gasteiger partial charge in [0.15, 0.2) is 0 Å². The quantitative estimate of drug-likeness (QED) is 0.629. The number of hydrogen-bond donors (Lipinski definition) is 1. The van der Waals surface area contributed by atoms with Crippen LogP contribution in [0.5, 0.6) is 5.75 Å². The van der Waals surface area contributed by atoms with Crippen LogP contribution >= 0.6 is 0 Å². The summed E-state index contributed by atoms with van der Waals surface area (Å²) in [6, 6.07) is 18.2. The van der Waals surface area contributed by atoms with Gasteiger partial charge in [-0.1, -0.05) is 37.3 Å². The number of ether oxygens (including phenoxy) is 1. The molecule has 3 aromatic rings. The van der Waals surface area contributed by atoms with Crippen molar-refractivity contribution in [2.45, 2.75) is 38.8 Å². The fraction of sp³-hybridized carbons (Fsp3) is 0.350. The SMILES string of the molecule is CCC(N)c1nc2ccccc2n1CCCCOc1ccccc1. The molecule has 0 saturated heterocycles. The molecule has 0 spiro atoms. The Labute approximate surface area is 143 Å². The molecule has 0 aliphatic rings. The fourth-order valence-electron chi connectivity index (χ4n) is 2.87. The highest BCUT2D eigenvalue weighted by atomic mass is 16.5. The molecule has 0 aliphatic heterocycles. The van der Waals surface area contributed by atoms with E-state index >= 15 is 0 Å². The summed E-state index contributed by atoms with van der Waals surface area (Å²) in [6.07, 6.45) is 2.93. The number of para-hydroxylation sites is 3. The zero-order valence-electron chi connectivity index (χ0n) is 14.2. The molecule has 4 nitrogen and oxygen atoms in total. The highest BCUT2D eigenvalue weighted by Crippen LogP contribution is 2.22. The highest BCUT2D eigenvalue weighted by molar-refractivity contribution is 5.76. The fourth-order valence-corrected chi connectivity index (χ4v) is 2.87. The number of fused-ring (bicyclic) bond motifs is 1. The van der Waals surface area contributed by atoms with E-state index in [1.807, 2.05) is 36.4 Å². The molecule has 0 saturated carbocycles. The van der Waals surface area contributed by atoms with Crippen molar-refractivity contribution < 1.29 is 4.74 Å². The first kappa shape index (κ1) is 16.5. The number of nitrogens with zero attached hydrogens (tertiary/aromatic N) is 2. The molecule has 0 amide bonds. The number of aromatic nitrogens is 2. The average molecular weight is 323 g/mol. The molecule has 126 valence electrons. The third kappa shape index (κ3) is 3.77. The van der Waals surface area contributed by atoms with E-state index in [9.17, 15) is 0 Å². The van der Waals surface area contributed by atoms with Crippen molar-refractivity contribution in [3.63, 3.8) is 0 Å². The topological polar surface area (TPSA) is 53.1 Å². The third-order valence-electron chi connectivity index (χ3n) is 4.24. The van der Waals surface area contributed by atoms with Gasteiger partial charge < -0.3 is 15.0 Å². The van der Waals surface area contributed by atoms with Crippen LogP contribution in [0.25, 0.3) is 11.0 Å². The highest BCUT2D eigenvalue weighted by Gasteiger charge is 2.15. The lowest BCUT2D eigenvalue weighted by Gasteiger charge is -2.13. The number of rotatable bonds is 8. The summed E-state index contributed by atoms with van der Waals surface area (Å²) >= 11 is 0. The van der Waals surface area contributed by atoms with Crippen molar-refractivity contribution in [1.82, 2.24) is 9.55 Å². The van der Waals surface area contributed by atoms with Crippen LogP contribution < -0.4 is 10.5 Å². The molecule has 2 aromatic carbocycles. The summed E-state index contributed by atoms with van der Waals surface area (Å²) in [6.45, 7) is 3.75. The Kier molecular flexibility index (Phi) is 5.49. The van der Waals surface area contributed by atoms with E-state index in [2.05, 4.69) is 29.7 Å². The van der Waals surface area contributed by atoms with E-state index in [0.29, 0.717) is 0 Å². The summed E-state index contributed by atoms with van der Waals surface area (Å²) in [5.41, 5.74) is 8.45. The standard InChI is InChI=1S/C20H25N3O/c1-2-17(21)20-22-18-12-6-7-13-19(18)23(20)14-8-9-15-24-16-10-4-3-5-11-16/h3-7,10-13,17H,2,8-9,14-15,21H2,1H3. The monoisotopic (exact) mass is 323 g/mol. The van der Waals surface area contributed by atoms with E-state index in [0.717, 1.165) is 49.5 Å². The number of hydrogen-bond acceptors (Lipinski definition) is 3. The van der Waals surface area contributed by atoms with Gasteiger partial charge in [0.2, 0.25) is 0 Å². The zero-order valence-corrected chi connectivity index (χ0v) is 14.2. The number of nitrogens with two attached hydrogens (primary N) is 1. The normalized spacial score (nSPS) is 12.4. The molecule has 0 radical (unpaired) electrons. The third-order valence-corrected chi connectivity index (χ3v) is 4.24. The van der Waals surface area contributed by atoms with Gasteiger partial charge in [-0.15, -0.1) is 0 Å². The summed E-state index contributed by atoms with van der Waals surface area (Å²) in [5, 5.41) is 0. The predicted octanol–water partition coefficient (Wildman–Crippen LogP) is 4.31. The van der Waals surface area contributed by atoms with E-state index in [1.54, 1.807) is 0 Å². The smallest absolute Gasteiger partial charge is 0.126 e. The molecule has 1 aromatic heterocycles. The Hall–Kier alpha value is -2.33. The molecule has 1 heterocycles. The Bertz CT molecular complexity index is 767. The van der Waals surface area contributed by atoms with Crippen LogP contribution in [-0.2, 0) is 6.54 Å². The number of aryl methyl sites for hydroxylation is 1. The minimum Gasteiger partial charge on any atom is -0.494 e. The Morgan fingerprint density at radius 1 is 1.04 bits per heavy atom. The zero-order chi connectivity index (χ0) is 16.8. The Balaban J connectivity index is 1.62. The van der Waals surface area contributed by atoms with Crippen molar-refractivity contribution >= 4 is 11.0 Å². The van der Waals surface area contributed by atoms with Crippen LogP contribution in [0.1, 0.15) is 38.1 Å². The summed E-state index contributed by atoms with van der Waals surface area (Å²) in [7, 11) is 0. The molecule has 3 rings (SSSR count). The van der Waals surface area contributed by atoms with E-state index in [1.165, 1.54) is 5.52 Å². The molecular formula is C20H25N3O. The number of benzene rings is 2. The second-order valence-corrected chi connectivity index (χ2v) is 5.99. The second-order valence-electron chi connectivity index (χ2n) is 5.99. The predicted molar refractivity (Wildman–Crippen MR) is 98.1 cm³/mol. The van der Waals surface area contributed by atoms with E-state index in [4.69, 9.17) is 15.5 Å². The molecule has 1 unspecified atom stereocenters. The lowest BCUT2D eigenvalue weighted by atomic mass is 10.2. The van der Waals surface area contributed by atoms with Crippen LogP contribution in [0.4, 0.5) is 0 Å². The maximum Gasteiger partial charge on any atom is 0.126 e. The van der Waals surface area contributed by atoms with E-state index < -0.39 is 0 Å². The molecule has 0 aliphatic carbocycles. The van der Waals surface area contributed by atoms with Gasteiger partial charge >= 0.3 is 0 Å². The van der Waals surface area contributed by atoms with Gasteiger partial charge in [-0.3, -0.25) is 0 Å². The maximum absolute atomic E-state index is 6.26. The lowest BCUT2D eigenvalue weighted by Crippen LogP contribution is -2.16. The summed E-state index contributed by atoms with van der Waals surface area (Å²) < 4.78 is 8.03. The van der Waals surface area contributed by atoms with Gasteiger partial charge in [0.05, 0.1) is 23.7 Å². The second kappa shape index (κ2) is 7.97. The van der Waals surface area contributed by atoms with Gasteiger partial charge in [0.25, 0.3) is 0 Å². The Morgan fingerprint density at radius 2 is 1.79 bits per heavy atom.